The number of ketones is 1. The molecule has 0 atom stereocenters. The number of hydrogen-bond donors (Lipinski definition) is 1. The number of allylic oxidation sites excluding steroid dienone is 1. The second kappa shape index (κ2) is 5.98. The molecule has 3 nitrogen and oxygen atoms in total. The summed E-state index contributed by atoms with van der Waals surface area (Å²) < 4.78 is 0. The van der Waals surface area contributed by atoms with E-state index in [2.05, 4.69) is 0 Å². The third kappa shape index (κ3) is 3.53. The lowest BCUT2D eigenvalue weighted by atomic mass is 10.0. The lowest BCUT2D eigenvalue weighted by Crippen LogP contribution is -2.04. The maximum Gasteiger partial charge on any atom is 0.187 e. The minimum absolute atomic E-state index is 0.138. The second-order valence-corrected chi connectivity index (χ2v) is 4.20. The van der Waals surface area contributed by atoms with Crippen molar-refractivity contribution < 1.29 is 10.0 Å². The molecule has 2 aromatic carbocycles. The van der Waals surface area contributed by atoms with Gasteiger partial charge in [0.05, 0.1) is 0 Å². The minimum Gasteiger partial charge on any atom is -0.289 e. The van der Waals surface area contributed by atoms with Crippen LogP contribution < -0.4 is 0 Å². The molecular weight excluding hydrogens is 238 g/mol. The Labute approximate surface area is 112 Å². The van der Waals surface area contributed by atoms with Crippen LogP contribution in [0, 0.1) is 0 Å². The van der Waals surface area contributed by atoms with Crippen molar-refractivity contribution in [3.63, 3.8) is 0 Å². The summed E-state index contributed by atoms with van der Waals surface area (Å²) in [5.74, 6) is -0.138. The average molecular weight is 253 g/mol. The molecule has 0 amide bonds. The van der Waals surface area contributed by atoms with Gasteiger partial charge < -0.3 is 0 Å². The SMILES string of the molecule is CN(O)/C=C/C(=O)c1ccc(-c2ccccc2)cc1. The van der Waals surface area contributed by atoms with Crippen LogP contribution >= 0.6 is 0 Å². The highest BCUT2D eigenvalue weighted by Gasteiger charge is 2.02. The number of hydroxylamine groups is 2. The van der Waals surface area contributed by atoms with Gasteiger partial charge in [0.2, 0.25) is 0 Å². The summed E-state index contributed by atoms with van der Waals surface area (Å²) in [6, 6.07) is 17.4. The van der Waals surface area contributed by atoms with Gasteiger partial charge in [-0.05, 0) is 11.1 Å². The van der Waals surface area contributed by atoms with E-state index in [1.807, 2.05) is 42.5 Å². The fraction of sp³-hybridized carbons (Fsp3) is 0.0625. The smallest absolute Gasteiger partial charge is 0.187 e. The molecule has 0 fully saturated rings. The van der Waals surface area contributed by atoms with Crippen molar-refractivity contribution in [2.45, 2.75) is 0 Å². The van der Waals surface area contributed by atoms with Gasteiger partial charge in [0.1, 0.15) is 0 Å². The van der Waals surface area contributed by atoms with Gasteiger partial charge >= 0.3 is 0 Å². The Morgan fingerprint density at radius 2 is 1.58 bits per heavy atom. The van der Waals surface area contributed by atoms with Gasteiger partial charge in [-0.1, -0.05) is 54.6 Å². The number of carbonyl (C=O) groups is 1. The molecule has 3 heteroatoms. The Kier molecular flexibility index (Phi) is 4.11. The lowest BCUT2D eigenvalue weighted by Gasteiger charge is -2.03. The van der Waals surface area contributed by atoms with Gasteiger partial charge in [0.15, 0.2) is 5.78 Å². The fourth-order valence-corrected chi connectivity index (χ4v) is 1.73. The van der Waals surface area contributed by atoms with E-state index in [0.717, 1.165) is 16.2 Å². The number of hydrogen-bond acceptors (Lipinski definition) is 3. The molecule has 2 rings (SSSR count). The minimum atomic E-state index is -0.138. The first kappa shape index (κ1) is 13.1. The Hall–Kier alpha value is -2.39. The molecule has 0 heterocycles. The maximum absolute atomic E-state index is 11.8. The molecule has 2 aromatic rings. The Morgan fingerprint density at radius 1 is 1.00 bits per heavy atom. The molecule has 0 aromatic heterocycles. The zero-order valence-electron chi connectivity index (χ0n) is 10.7. The third-order valence-corrected chi connectivity index (χ3v) is 2.72. The van der Waals surface area contributed by atoms with E-state index in [0.29, 0.717) is 5.56 Å². The number of carbonyl (C=O) groups excluding carboxylic acids is 1. The van der Waals surface area contributed by atoms with E-state index in [4.69, 9.17) is 5.21 Å². The third-order valence-electron chi connectivity index (χ3n) is 2.72. The molecule has 0 unspecified atom stereocenters. The van der Waals surface area contributed by atoms with Crippen LogP contribution in [-0.4, -0.2) is 23.1 Å². The zero-order valence-corrected chi connectivity index (χ0v) is 10.7. The van der Waals surface area contributed by atoms with Crippen molar-refractivity contribution in [3.05, 3.63) is 72.4 Å². The van der Waals surface area contributed by atoms with Gasteiger partial charge in [-0.3, -0.25) is 15.1 Å². The highest BCUT2D eigenvalue weighted by atomic mass is 16.5. The molecule has 96 valence electrons. The monoisotopic (exact) mass is 253 g/mol. The Balaban J connectivity index is 2.17. The van der Waals surface area contributed by atoms with E-state index in [-0.39, 0.29) is 5.78 Å². The first-order chi connectivity index (χ1) is 9.16. The van der Waals surface area contributed by atoms with Crippen LogP contribution in [0.25, 0.3) is 11.1 Å². The molecule has 1 N–H and O–H groups in total. The summed E-state index contributed by atoms with van der Waals surface area (Å²) in [7, 11) is 1.45. The lowest BCUT2D eigenvalue weighted by molar-refractivity contribution is -0.0130. The molecule has 0 aliphatic rings. The molecule has 19 heavy (non-hydrogen) atoms. The molecule has 0 aliphatic heterocycles. The standard InChI is InChI=1S/C16H15NO2/c1-17(19)12-11-16(18)15-9-7-14(8-10-15)13-5-3-2-4-6-13/h2-12,19H,1H3/b12-11+. The van der Waals surface area contributed by atoms with Gasteiger partial charge in [0, 0.05) is 24.9 Å². The van der Waals surface area contributed by atoms with E-state index in [9.17, 15) is 4.79 Å². The van der Waals surface area contributed by atoms with Crippen LogP contribution in [0.1, 0.15) is 10.4 Å². The van der Waals surface area contributed by atoms with Crippen LogP contribution in [0.5, 0.6) is 0 Å². The Bertz CT molecular complexity index is 571. The summed E-state index contributed by atoms with van der Waals surface area (Å²) >= 11 is 0. The summed E-state index contributed by atoms with van der Waals surface area (Å²) in [4.78, 5) is 11.8. The quantitative estimate of drug-likeness (QED) is 0.516. The van der Waals surface area contributed by atoms with E-state index in [1.54, 1.807) is 12.1 Å². The van der Waals surface area contributed by atoms with Gasteiger partial charge in [-0.2, -0.15) is 0 Å². The summed E-state index contributed by atoms with van der Waals surface area (Å²) in [5, 5.41) is 9.78. The molecule has 0 bridgehead atoms. The van der Waals surface area contributed by atoms with Crippen molar-refractivity contribution in [1.29, 1.82) is 0 Å². The predicted octanol–water partition coefficient (Wildman–Crippen LogP) is 3.37. The van der Waals surface area contributed by atoms with Crippen molar-refractivity contribution in [2.24, 2.45) is 0 Å². The van der Waals surface area contributed by atoms with Crippen molar-refractivity contribution in [2.75, 3.05) is 7.05 Å². The molecule has 0 spiro atoms. The number of nitrogens with zero attached hydrogens (tertiary/aromatic N) is 1. The average Bonchev–Trinajstić information content (AvgIpc) is 2.46. The predicted molar refractivity (Wildman–Crippen MR) is 74.9 cm³/mol. The highest BCUT2D eigenvalue weighted by molar-refractivity contribution is 6.04. The van der Waals surface area contributed by atoms with Crippen molar-refractivity contribution in [1.82, 2.24) is 5.06 Å². The zero-order chi connectivity index (χ0) is 13.7. The van der Waals surface area contributed by atoms with Crippen LogP contribution in [0.15, 0.2) is 66.9 Å². The van der Waals surface area contributed by atoms with Gasteiger partial charge in [0.25, 0.3) is 0 Å². The van der Waals surface area contributed by atoms with Crippen LogP contribution in [0.4, 0.5) is 0 Å². The molecule has 0 radical (unpaired) electrons. The largest absolute Gasteiger partial charge is 0.289 e. The highest BCUT2D eigenvalue weighted by Crippen LogP contribution is 2.19. The molecule has 0 aliphatic carbocycles. The Morgan fingerprint density at radius 3 is 2.16 bits per heavy atom. The van der Waals surface area contributed by atoms with Crippen molar-refractivity contribution in [3.8, 4) is 11.1 Å². The van der Waals surface area contributed by atoms with Crippen molar-refractivity contribution >= 4 is 5.78 Å². The maximum atomic E-state index is 11.8. The summed E-state index contributed by atoms with van der Waals surface area (Å²) in [6.07, 6.45) is 2.64. The van der Waals surface area contributed by atoms with Crippen LogP contribution in [0.3, 0.4) is 0 Å². The van der Waals surface area contributed by atoms with E-state index < -0.39 is 0 Å². The fourth-order valence-electron chi connectivity index (χ4n) is 1.73. The normalized spacial score (nSPS) is 10.6. The molecule has 0 saturated heterocycles. The topological polar surface area (TPSA) is 40.5 Å². The van der Waals surface area contributed by atoms with Crippen LogP contribution in [-0.2, 0) is 0 Å². The van der Waals surface area contributed by atoms with E-state index >= 15 is 0 Å². The summed E-state index contributed by atoms with van der Waals surface area (Å²) in [6.45, 7) is 0. The number of benzene rings is 2. The summed E-state index contributed by atoms with van der Waals surface area (Å²) in [5.41, 5.74) is 2.78. The van der Waals surface area contributed by atoms with Crippen LogP contribution in [0.2, 0.25) is 0 Å². The number of rotatable bonds is 4. The second-order valence-electron chi connectivity index (χ2n) is 4.20. The van der Waals surface area contributed by atoms with Gasteiger partial charge in [-0.15, -0.1) is 0 Å². The van der Waals surface area contributed by atoms with Gasteiger partial charge in [-0.25, -0.2) is 0 Å². The first-order valence-electron chi connectivity index (χ1n) is 5.96. The molecular formula is C16H15NO2. The first-order valence-corrected chi connectivity index (χ1v) is 5.96. The molecule has 0 saturated carbocycles. The van der Waals surface area contributed by atoms with E-state index in [1.165, 1.54) is 19.3 Å².